The second kappa shape index (κ2) is 6.17. The minimum absolute atomic E-state index is 0.175. The lowest BCUT2D eigenvalue weighted by molar-refractivity contribution is -0.383. The van der Waals surface area contributed by atoms with E-state index < -0.39 is 31.9 Å². The smallest absolute Gasteiger partial charge is 0.301 e. The molecule has 2 rings (SSSR count). The number of nitrogens with zero attached hydrogens (tertiary/aromatic N) is 3. The summed E-state index contributed by atoms with van der Waals surface area (Å²) in [5.41, 5.74) is -2.58. The van der Waals surface area contributed by atoms with Crippen LogP contribution in [0.15, 0.2) is 26.6 Å². The highest BCUT2D eigenvalue weighted by atomic mass is 32.2. The van der Waals surface area contributed by atoms with Crippen LogP contribution in [0.4, 0.5) is 5.69 Å². The Morgan fingerprint density at radius 1 is 1.25 bits per heavy atom. The fourth-order valence-corrected chi connectivity index (χ4v) is 3.88. The van der Waals surface area contributed by atoms with E-state index in [0.717, 1.165) is 21.0 Å². The van der Waals surface area contributed by atoms with Crippen molar-refractivity contribution in [2.45, 2.75) is 18.7 Å². The lowest BCUT2D eigenvalue weighted by Gasteiger charge is -2.18. The highest BCUT2D eigenvalue weighted by Crippen LogP contribution is 2.27. The number of sulfonamides is 1. The average Bonchev–Trinajstić information content (AvgIpc) is 2.52. The summed E-state index contributed by atoms with van der Waals surface area (Å²) in [7, 11) is -2.81. The van der Waals surface area contributed by atoms with Gasteiger partial charge in [-0.2, -0.15) is 4.31 Å². The SMILES string of the molecule is CCN(CC)S(=O)(=O)c1cc([N+](=O)[O-])c2[nH]c(=O)n(C)c(=O)c2c1. The number of aromatic nitrogens is 2. The number of hydrogen-bond donors (Lipinski definition) is 1. The molecule has 0 saturated heterocycles. The van der Waals surface area contributed by atoms with Crippen molar-refractivity contribution in [3.63, 3.8) is 0 Å². The summed E-state index contributed by atoms with van der Waals surface area (Å²) >= 11 is 0. The van der Waals surface area contributed by atoms with Crippen molar-refractivity contribution >= 4 is 26.6 Å². The van der Waals surface area contributed by atoms with Crippen LogP contribution in [0.3, 0.4) is 0 Å². The van der Waals surface area contributed by atoms with Crippen molar-refractivity contribution in [1.82, 2.24) is 13.9 Å². The van der Waals surface area contributed by atoms with Gasteiger partial charge < -0.3 is 4.98 Å². The maximum absolute atomic E-state index is 12.6. The van der Waals surface area contributed by atoms with Gasteiger partial charge in [-0.15, -0.1) is 0 Å². The normalized spacial score (nSPS) is 12.0. The highest BCUT2D eigenvalue weighted by Gasteiger charge is 2.27. The highest BCUT2D eigenvalue weighted by molar-refractivity contribution is 7.89. The first-order valence-electron chi connectivity index (χ1n) is 7.06. The Labute approximate surface area is 136 Å². The number of H-pyrrole nitrogens is 1. The fraction of sp³-hybridized carbons (Fsp3) is 0.385. The Kier molecular flexibility index (Phi) is 4.58. The minimum Gasteiger partial charge on any atom is -0.301 e. The first kappa shape index (κ1) is 17.8. The molecule has 2 aromatic rings. The molecule has 0 spiro atoms. The minimum atomic E-state index is -4.00. The largest absolute Gasteiger partial charge is 0.328 e. The second-order valence-corrected chi connectivity index (χ2v) is 6.94. The molecule has 0 unspecified atom stereocenters. The van der Waals surface area contributed by atoms with Gasteiger partial charge in [0.15, 0.2) is 0 Å². The molecule has 0 aliphatic heterocycles. The zero-order chi connectivity index (χ0) is 18.2. The molecule has 0 fully saturated rings. The number of benzene rings is 1. The zero-order valence-electron chi connectivity index (χ0n) is 13.3. The molecule has 1 N–H and O–H groups in total. The predicted molar refractivity (Wildman–Crippen MR) is 86.6 cm³/mol. The molecule has 11 heteroatoms. The Balaban J connectivity index is 2.97. The summed E-state index contributed by atoms with van der Waals surface area (Å²) < 4.78 is 27.0. The summed E-state index contributed by atoms with van der Waals surface area (Å²) in [5.74, 6) is 0. The van der Waals surface area contributed by atoms with Crippen LogP contribution in [0, 0.1) is 10.1 Å². The van der Waals surface area contributed by atoms with Crippen LogP contribution in [-0.4, -0.2) is 40.3 Å². The van der Waals surface area contributed by atoms with Crippen molar-refractivity contribution in [3.05, 3.63) is 43.1 Å². The van der Waals surface area contributed by atoms with Crippen LogP contribution in [0.1, 0.15) is 13.8 Å². The molecule has 0 atom stereocenters. The topological polar surface area (TPSA) is 135 Å². The number of nitro groups is 1. The molecule has 10 nitrogen and oxygen atoms in total. The fourth-order valence-electron chi connectivity index (χ4n) is 2.37. The zero-order valence-corrected chi connectivity index (χ0v) is 14.1. The van der Waals surface area contributed by atoms with E-state index >= 15 is 0 Å². The van der Waals surface area contributed by atoms with E-state index in [1.165, 1.54) is 7.05 Å². The van der Waals surface area contributed by atoms with Crippen molar-refractivity contribution in [2.75, 3.05) is 13.1 Å². The van der Waals surface area contributed by atoms with Gasteiger partial charge in [-0.25, -0.2) is 13.2 Å². The number of nitro benzene ring substituents is 1. The molecular weight excluding hydrogens is 340 g/mol. The number of hydrogen-bond acceptors (Lipinski definition) is 6. The summed E-state index contributed by atoms with van der Waals surface area (Å²) in [6, 6.07) is 1.90. The molecule has 0 aliphatic rings. The first-order valence-corrected chi connectivity index (χ1v) is 8.50. The number of aromatic amines is 1. The summed E-state index contributed by atoms with van der Waals surface area (Å²) in [5, 5.41) is 11.0. The summed E-state index contributed by atoms with van der Waals surface area (Å²) in [6.45, 7) is 3.61. The number of nitrogens with one attached hydrogen (secondary N) is 1. The lowest BCUT2D eigenvalue weighted by Crippen LogP contribution is -2.33. The Hall–Kier alpha value is -2.53. The van der Waals surface area contributed by atoms with Gasteiger partial charge in [-0.05, 0) is 6.07 Å². The van der Waals surface area contributed by atoms with Crippen LogP contribution in [0.5, 0.6) is 0 Å². The van der Waals surface area contributed by atoms with E-state index in [9.17, 15) is 28.1 Å². The average molecular weight is 356 g/mol. The van der Waals surface area contributed by atoms with E-state index in [1.807, 2.05) is 0 Å². The van der Waals surface area contributed by atoms with Gasteiger partial charge in [0.05, 0.1) is 15.2 Å². The predicted octanol–water partition coefficient (Wildman–Crippen LogP) is 0.165. The first-order chi connectivity index (χ1) is 11.1. The summed E-state index contributed by atoms with van der Waals surface area (Å²) in [6.07, 6.45) is 0. The van der Waals surface area contributed by atoms with Crippen LogP contribution in [0.2, 0.25) is 0 Å². The van der Waals surface area contributed by atoms with Gasteiger partial charge in [0.25, 0.3) is 11.2 Å². The lowest BCUT2D eigenvalue weighted by atomic mass is 10.2. The van der Waals surface area contributed by atoms with Crippen molar-refractivity contribution in [2.24, 2.45) is 7.05 Å². The van der Waals surface area contributed by atoms with E-state index in [2.05, 4.69) is 4.98 Å². The quantitative estimate of drug-likeness (QED) is 0.599. The Morgan fingerprint density at radius 3 is 2.33 bits per heavy atom. The molecule has 1 heterocycles. The van der Waals surface area contributed by atoms with Crippen molar-refractivity contribution in [3.8, 4) is 0 Å². The van der Waals surface area contributed by atoms with Crippen LogP contribution in [-0.2, 0) is 17.1 Å². The molecule has 0 radical (unpaired) electrons. The number of rotatable bonds is 5. The maximum Gasteiger partial charge on any atom is 0.328 e. The third-order valence-electron chi connectivity index (χ3n) is 3.70. The second-order valence-electron chi connectivity index (χ2n) is 5.01. The van der Waals surface area contributed by atoms with Gasteiger partial charge in [-0.3, -0.25) is 19.5 Å². The van der Waals surface area contributed by atoms with E-state index in [-0.39, 0.29) is 28.9 Å². The monoisotopic (exact) mass is 356 g/mol. The van der Waals surface area contributed by atoms with E-state index in [1.54, 1.807) is 13.8 Å². The van der Waals surface area contributed by atoms with Crippen LogP contribution >= 0.6 is 0 Å². The van der Waals surface area contributed by atoms with Gasteiger partial charge in [0.2, 0.25) is 10.0 Å². The third-order valence-corrected chi connectivity index (χ3v) is 5.73. The van der Waals surface area contributed by atoms with Crippen LogP contribution < -0.4 is 11.2 Å². The number of non-ortho nitro benzene ring substituents is 1. The molecule has 1 aromatic carbocycles. The molecule has 130 valence electrons. The molecular formula is C13H16N4O6S. The van der Waals surface area contributed by atoms with E-state index in [4.69, 9.17) is 0 Å². The molecule has 0 aliphatic carbocycles. The van der Waals surface area contributed by atoms with Crippen molar-refractivity contribution < 1.29 is 13.3 Å². The molecule has 0 saturated carbocycles. The Morgan fingerprint density at radius 2 is 1.83 bits per heavy atom. The molecule has 24 heavy (non-hydrogen) atoms. The van der Waals surface area contributed by atoms with Gasteiger partial charge in [-0.1, -0.05) is 13.8 Å². The third kappa shape index (κ3) is 2.71. The van der Waals surface area contributed by atoms with Gasteiger partial charge in [0, 0.05) is 26.2 Å². The standard InChI is InChI=1S/C13H16N4O6S/c1-4-16(5-2)24(22,23)8-6-9-11(10(7-8)17(20)21)14-13(19)15(3)12(9)18/h6-7H,4-5H2,1-3H3,(H,14,19). The number of fused-ring (bicyclic) bond motifs is 1. The molecule has 1 aromatic heterocycles. The maximum atomic E-state index is 12.6. The van der Waals surface area contributed by atoms with Gasteiger partial charge >= 0.3 is 5.69 Å². The molecule has 0 bridgehead atoms. The van der Waals surface area contributed by atoms with Gasteiger partial charge in [0.1, 0.15) is 5.52 Å². The van der Waals surface area contributed by atoms with Crippen molar-refractivity contribution in [1.29, 1.82) is 0 Å². The van der Waals surface area contributed by atoms with Crippen LogP contribution in [0.25, 0.3) is 10.9 Å². The van der Waals surface area contributed by atoms with E-state index in [0.29, 0.717) is 0 Å². The summed E-state index contributed by atoms with van der Waals surface area (Å²) in [4.78, 5) is 36.2. The molecule has 0 amide bonds. The Bertz CT molecular complexity index is 1030.